The van der Waals surface area contributed by atoms with Gasteiger partial charge in [0.15, 0.2) is 17.5 Å². The van der Waals surface area contributed by atoms with Crippen LogP contribution in [-0.4, -0.2) is 10.1 Å². The number of hydrogen-bond acceptors (Lipinski definition) is 4. The lowest BCUT2D eigenvalue weighted by Gasteiger charge is -1.99. The van der Waals surface area contributed by atoms with Gasteiger partial charge in [0, 0.05) is 10.5 Å². The molecule has 112 valence electrons. The maximum absolute atomic E-state index is 13.1. The van der Waals surface area contributed by atoms with Crippen molar-refractivity contribution in [3.8, 4) is 11.5 Å². The van der Waals surface area contributed by atoms with E-state index in [1.165, 1.54) is 42.1 Å². The summed E-state index contributed by atoms with van der Waals surface area (Å²) in [4.78, 5) is 4.74. The number of nitrogens with zero attached hydrogens (tertiary/aromatic N) is 2. The van der Waals surface area contributed by atoms with E-state index in [9.17, 15) is 13.2 Å². The molecule has 0 N–H and O–H groups in total. The molecule has 3 aromatic rings. The van der Waals surface area contributed by atoms with Gasteiger partial charge < -0.3 is 4.52 Å². The molecule has 0 amide bonds. The van der Waals surface area contributed by atoms with Crippen LogP contribution in [0.3, 0.4) is 0 Å². The number of benzene rings is 2. The van der Waals surface area contributed by atoms with Crippen molar-refractivity contribution in [1.29, 1.82) is 0 Å². The third kappa shape index (κ3) is 3.30. The molecule has 0 radical (unpaired) electrons. The minimum absolute atomic E-state index is 0.279. The molecule has 3 nitrogen and oxygen atoms in total. The van der Waals surface area contributed by atoms with Gasteiger partial charge in [-0.25, -0.2) is 13.2 Å². The van der Waals surface area contributed by atoms with Gasteiger partial charge in [-0.15, -0.1) is 11.8 Å². The molecule has 2 aromatic carbocycles. The molecule has 0 aliphatic heterocycles. The van der Waals surface area contributed by atoms with Crippen LogP contribution < -0.4 is 0 Å². The van der Waals surface area contributed by atoms with Crippen LogP contribution in [0, 0.1) is 17.5 Å². The van der Waals surface area contributed by atoms with Gasteiger partial charge in [0.25, 0.3) is 5.89 Å². The van der Waals surface area contributed by atoms with Crippen molar-refractivity contribution in [2.24, 2.45) is 0 Å². The first-order valence-electron chi connectivity index (χ1n) is 6.28. The molecular formula is C15H9F3N2OS. The first-order valence-corrected chi connectivity index (χ1v) is 7.27. The van der Waals surface area contributed by atoms with Crippen molar-refractivity contribution in [1.82, 2.24) is 10.1 Å². The second-order valence-electron chi connectivity index (χ2n) is 4.39. The molecule has 0 saturated carbocycles. The van der Waals surface area contributed by atoms with Crippen LogP contribution in [0.25, 0.3) is 11.5 Å². The van der Waals surface area contributed by atoms with Crippen molar-refractivity contribution in [2.75, 3.05) is 0 Å². The molecule has 0 aliphatic rings. The molecule has 22 heavy (non-hydrogen) atoms. The van der Waals surface area contributed by atoms with Gasteiger partial charge in [-0.3, -0.25) is 0 Å². The number of hydrogen-bond donors (Lipinski definition) is 0. The highest BCUT2D eigenvalue weighted by Gasteiger charge is 2.10. The Morgan fingerprint density at radius 1 is 0.955 bits per heavy atom. The summed E-state index contributed by atoms with van der Waals surface area (Å²) in [6.45, 7) is 0. The highest BCUT2D eigenvalue weighted by molar-refractivity contribution is 7.98. The molecule has 0 atom stereocenters. The molecule has 0 spiro atoms. The van der Waals surface area contributed by atoms with Crippen LogP contribution in [0.15, 0.2) is 51.9 Å². The Balaban J connectivity index is 1.69. The van der Waals surface area contributed by atoms with Gasteiger partial charge in [0.1, 0.15) is 5.82 Å². The number of halogens is 3. The lowest BCUT2D eigenvalue weighted by Crippen LogP contribution is -1.87. The molecule has 0 bridgehead atoms. The summed E-state index contributed by atoms with van der Waals surface area (Å²) in [5.74, 6) is -1.10. The van der Waals surface area contributed by atoms with E-state index in [2.05, 4.69) is 10.1 Å². The number of rotatable bonds is 4. The van der Waals surface area contributed by atoms with E-state index in [1.807, 2.05) is 0 Å². The van der Waals surface area contributed by atoms with Gasteiger partial charge >= 0.3 is 0 Å². The van der Waals surface area contributed by atoms with E-state index >= 15 is 0 Å². The van der Waals surface area contributed by atoms with Crippen molar-refractivity contribution in [3.63, 3.8) is 0 Å². The van der Waals surface area contributed by atoms with Gasteiger partial charge in [0.2, 0.25) is 0 Å². The molecule has 0 saturated heterocycles. The van der Waals surface area contributed by atoms with E-state index in [-0.39, 0.29) is 11.7 Å². The van der Waals surface area contributed by atoms with Gasteiger partial charge in [0.05, 0.1) is 5.75 Å². The second-order valence-corrected chi connectivity index (χ2v) is 5.44. The van der Waals surface area contributed by atoms with Crippen molar-refractivity contribution < 1.29 is 17.7 Å². The molecule has 7 heteroatoms. The third-order valence-electron chi connectivity index (χ3n) is 2.82. The fourth-order valence-corrected chi connectivity index (χ4v) is 2.50. The van der Waals surface area contributed by atoms with Crippen LogP contribution in [0.1, 0.15) is 5.82 Å². The fraction of sp³-hybridized carbons (Fsp3) is 0.0667. The zero-order chi connectivity index (χ0) is 15.5. The predicted molar refractivity (Wildman–Crippen MR) is 75.6 cm³/mol. The highest BCUT2D eigenvalue weighted by atomic mass is 32.2. The summed E-state index contributed by atoms with van der Waals surface area (Å²) in [7, 11) is 0. The maximum atomic E-state index is 13.1. The smallest absolute Gasteiger partial charge is 0.257 e. The van der Waals surface area contributed by atoms with Crippen LogP contribution in [0.5, 0.6) is 0 Å². The quantitative estimate of drug-likeness (QED) is 0.665. The summed E-state index contributed by atoms with van der Waals surface area (Å²) in [5.41, 5.74) is 0.609. The van der Waals surface area contributed by atoms with E-state index in [0.717, 1.165) is 12.1 Å². The van der Waals surface area contributed by atoms with Crippen LogP contribution >= 0.6 is 11.8 Å². The van der Waals surface area contributed by atoms with Gasteiger partial charge in [-0.2, -0.15) is 4.98 Å². The SMILES string of the molecule is Fc1ccc(-c2nc(CSc3ccc(F)c(F)c3)no2)cc1. The molecule has 0 unspecified atom stereocenters. The van der Waals surface area contributed by atoms with Crippen molar-refractivity contribution in [3.05, 3.63) is 65.7 Å². The molecule has 3 rings (SSSR count). The van der Waals surface area contributed by atoms with Gasteiger partial charge in [-0.05, 0) is 42.5 Å². The lowest BCUT2D eigenvalue weighted by molar-refractivity contribution is 0.425. The molecule has 0 fully saturated rings. The standard InChI is InChI=1S/C15H9F3N2OS/c16-10-3-1-9(2-4-10)15-19-14(20-21-15)8-22-11-5-6-12(17)13(18)7-11/h1-7H,8H2. The zero-order valence-electron chi connectivity index (χ0n) is 11.1. The summed E-state index contributed by atoms with van der Waals surface area (Å²) >= 11 is 1.26. The molecular weight excluding hydrogens is 313 g/mol. The van der Waals surface area contributed by atoms with Crippen LogP contribution in [0.2, 0.25) is 0 Å². The minimum Gasteiger partial charge on any atom is -0.334 e. The third-order valence-corrected chi connectivity index (χ3v) is 3.81. The Kier molecular flexibility index (Phi) is 4.15. The summed E-state index contributed by atoms with van der Waals surface area (Å²) in [6.07, 6.45) is 0. The number of thioether (sulfide) groups is 1. The molecule has 0 aliphatic carbocycles. The maximum Gasteiger partial charge on any atom is 0.257 e. The van der Waals surface area contributed by atoms with Crippen molar-refractivity contribution >= 4 is 11.8 Å². The summed E-state index contributed by atoms with van der Waals surface area (Å²) < 4.78 is 43.9. The summed E-state index contributed by atoms with van der Waals surface area (Å²) in [6, 6.07) is 9.33. The normalized spacial score (nSPS) is 10.9. The van der Waals surface area contributed by atoms with Gasteiger partial charge in [-0.1, -0.05) is 5.16 Å². The van der Waals surface area contributed by atoms with Crippen LogP contribution in [0.4, 0.5) is 13.2 Å². The fourth-order valence-electron chi connectivity index (χ4n) is 1.74. The second kappa shape index (κ2) is 6.23. The largest absolute Gasteiger partial charge is 0.334 e. The van der Waals surface area contributed by atoms with E-state index in [0.29, 0.717) is 22.0 Å². The Morgan fingerprint density at radius 3 is 2.45 bits per heavy atom. The molecule has 1 heterocycles. The summed E-state index contributed by atoms with van der Waals surface area (Å²) in [5, 5.41) is 3.80. The first kappa shape index (κ1) is 14.6. The zero-order valence-corrected chi connectivity index (χ0v) is 11.9. The first-order chi connectivity index (χ1) is 10.6. The Hall–Kier alpha value is -2.28. The van der Waals surface area contributed by atoms with E-state index < -0.39 is 11.6 Å². The Bertz CT molecular complexity index is 790. The van der Waals surface area contributed by atoms with Crippen LogP contribution in [-0.2, 0) is 5.75 Å². The Labute approximate surface area is 128 Å². The van der Waals surface area contributed by atoms with E-state index in [4.69, 9.17) is 4.52 Å². The Morgan fingerprint density at radius 2 is 1.73 bits per heavy atom. The lowest BCUT2D eigenvalue weighted by atomic mass is 10.2. The number of aromatic nitrogens is 2. The van der Waals surface area contributed by atoms with Crippen molar-refractivity contribution in [2.45, 2.75) is 10.6 Å². The molecule has 1 aromatic heterocycles. The topological polar surface area (TPSA) is 38.9 Å². The predicted octanol–water partition coefficient (Wildman–Crippen LogP) is 4.45. The average molecular weight is 322 g/mol. The minimum atomic E-state index is -0.898. The average Bonchev–Trinajstić information content (AvgIpc) is 2.98. The van der Waals surface area contributed by atoms with E-state index in [1.54, 1.807) is 0 Å². The monoisotopic (exact) mass is 322 g/mol. The highest BCUT2D eigenvalue weighted by Crippen LogP contribution is 2.25.